The summed E-state index contributed by atoms with van der Waals surface area (Å²) in [5, 5.41) is 17.7. The summed E-state index contributed by atoms with van der Waals surface area (Å²) in [6, 6.07) is 0. The van der Waals surface area contributed by atoms with Crippen molar-refractivity contribution in [2.45, 2.75) is 63.1 Å². The molecule has 0 amide bonds. The van der Waals surface area contributed by atoms with E-state index >= 15 is 0 Å². The van der Waals surface area contributed by atoms with Gasteiger partial charge >= 0.3 is 0 Å². The molecule has 0 rings (SSSR count). The number of hydrogen-bond acceptors (Lipinski definition) is 3. The van der Waals surface area contributed by atoms with Gasteiger partial charge in [0.1, 0.15) is 14.2 Å². The third-order valence-corrected chi connectivity index (χ3v) is 9.94. The van der Waals surface area contributed by atoms with E-state index in [9.17, 15) is 23.8 Å². The Morgan fingerprint density at radius 1 is 1.39 bits per heavy atom. The summed E-state index contributed by atoms with van der Waals surface area (Å²) in [6.45, 7) is 8.36. The Kier molecular flexibility index (Phi) is 5.51. The van der Waals surface area contributed by atoms with Crippen LogP contribution in [0.1, 0.15) is 27.2 Å². The maximum atomic E-state index is 14.4. The van der Waals surface area contributed by atoms with Crippen molar-refractivity contribution in [2.24, 2.45) is 0 Å². The lowest BCUT2D eigenvalue weighted by atomic mass is 10.2. The fourth-order valence-electron chi connectivity index (χ4n) is 1.39. The second-order valence-corrected chi connectivity index (χ2v) is 11.9. The minimum absolute atomic E-state index is 0.547. The highest BCUT2D eigenvalue weighted by Crippen LogP contribution is 2.45. The summed E-state index contributed by atoms with van der Waals surface area (Å²) >= 11 is 4.91. The molecule has 0 aliphatic carbocycles. The zero-order valence-corrected chi connectivity index (χ0v) is 13.1. The number of aliphatic hydroxyl groups is 2. The van der Waals surface area contributed by atoms with Gasteiger partial charge in [0.2, 0.25) is 5.48 Å². The van der Waals surface area contributed by atoms with Crippen LogP contribution < -0.4 is 0 Å². The molecule has 0 bridgehead atoms. The van der Waals surface area contributed by atoms with Gasteiger partial charge < -0.3 is 10.2 Å². The molecule has 0 aromatic rings. The zero-order chi connectivity index (χ0) is 14.9. The maximum absolute atomic E-state index is 14.4. The minimum atomic E-state index is -2.98. The Balaban J connectivity index is 5.09. The standard InChI is InChI=1S/C11H21ClF2O3Si/c1-10(2,3)18(4,5)11(14,17)8(15)6-7(13)9(12)16/h7-8,15,17H,6H2,1-5H3/t7-,8+,11?/m1/s1. The van der Waals surface area contributed by atoms with E-state index in [0.717, 1.165) is 0 Å². The summed E-state index contributed by atoms with van der Waals surface area (Å²) in [5.74, 6) is 0. The normalized spacial score (nSPS) is 20.1. The number of carbonyl (C=O) groups is 1. The van der Waals surface area contributed by atoms with E-state index in [0.29, 0.717) is 0 Å². The molecule has 0 saturated carbocycles. The first-order chi connectivity index (χ1) is 7.75. The molecule has 108 valence electrons. The number of halogens is 3. The molecule has 18 heavy (non-hydrogen) atoms. The van der Waals surface area contributed by atoms with Crippen LogP contribution in [0.2, 0.25) is 18.1 Å². The van der Waals surface area contributed by atoms with Crippen LogP contribution in [0.25, 0.3) is 0 Å². The van der Waals surface area contributed by atoms with E-state index < -0.39 is 42.5 Å². The van der Waals surface area contributed by atoms with Gasteiger partial charge in [0.05, 0.1) is 0 Å². The molecule has 0 aromatic heterocycles. The van der Waals surface area contributed by atoms with Crippen LogP contribution in [-0.4, -0.2) is 41.3 Å². The number of rotatable bonds is 5. The Bertz CT molecular complexity index is 316. The van der Waals surface area contributed by atoms with Crippen molar-refractivity contribution < 1.29 is 23.8 Å². The molecule has 0 aliphatic heterocycles. The van der Waals surface area contributed by atoms with E-state index in [1.54, 1.807) is 33.9 Å². The van der Waals surface area contributed by atoms with Gasteiger partial charge in [0, 0.05) is 6.42 Å². The average molecular weight is 303 g/mol. The van der Waals surface area contributed by atoms with Crippen molar-refractivity contribution in [3.05, 3.63) is 0 Å². The second-order valence-electron chi connectivity index (χ2n) is 6.07. The van der Waals surface area contributed by atoms with E-state index in [1.807, 2.05) is 0 Å². The zero-order valence-electron chi connectivity index (χ0n) is 11.3. The first-order valence-corrected chi connectivity index (χ1v) is 9.05. The molecule has 0 aromatic carbocycles. The summed E-state index contributed by atoms with van der Waals surface area (Å²) in [7, 11) is -2.98. The number of aliphatic hydroxyl groups excluding tert-OH is 1. The van der Waals surface area contributed by atoms with Gasteiger partial charge in [-0.3, -0.25) is 4.79 Å². The third kappa shape index (κ3) is 3.50. The van der Waals surface area contributed by atoms with Crippen molar-refractivity contribution in [3.63, 3.8) is 0 Å². The Morgan fingerprint density at radius 2 is 1.78 bits per heavy atom. The molecular formula is C11H21ClF2O3Si. The van der Waals surface area contributed by atoms with E-state index in [1.165, 1.54) is 0 Å². The highest BCUT2D eigenvalue weighted by Gasteiger charge is 2.57. The van der Waals surface area contributed by atoms with Crippen LogP contribution >= 0.6 is 11.6 Å². The predicted octanol–water partition coefficient (Wildman–Crippen LogP) is 2.55. The van der Waals surface area contributed by atoms with Crippen LogP contribution in [0, 0.1) is 0 Å². The largest absolute Gasteiger partial charge is 0.387 e. The SMILES string of the molecule is CC(C)(C)[Si](C)(C)C(O)(F)[C@@H](O)C[C@@H](F)C(=O)Cl. The van der Waals surface area contributed by atoms with E-state index in [2.05, 4.69) is 0 Å². The van der Waals surface area contributed by atoms with Crippen LogP contribution in [0.4, 0.5) is 8.78 Å². The summed E-state index contributed by atoms with van der Waals surface area (Å²) in [5.41, 5.74) is -2.90. The lowest BCUT2D eigenvalue weighted by molar-refractivity contribution is -0.131. The number of alkyl halides is 2. The van der Waals surface area contributed by atoms with E-state index in [-0.39, 0.29) is 0 Å². The maximum Gasteiger partial charge on any atom is 0.255 e. The van der Waals surface area contributed by atoms with Crippen LogP contribution in [-0.2, 0) is 4.79 Å². The Labute approximate surface area is 112 Å². The van der Waals surface area contributed by atoms with Crippen LogP contribution in [0.5, 0.6) is 0 Å². The molecule has 7 heteroatoms. The highest BCUT2D eigenvalue weighted by atomic mass is 35.5. The van der Waals surface area contributed by atoms with Gasteiger partial charge in [-0.15, -0.1) is 0 Å². The van der Waals surface area contributed by atoms with Crippen molar-refractivity contribution in [2.75, 3.05) is 0 Å². The summed E-state index contributed by atoms with van der Waals surface area (Å²) < 4.78 is 27.5. The second kappa shape index (κ2) is 5.52. The monoisotopic (exact) mass is 302 g/mol. The molecule has 0 saturated heterocycles. The molecule has 0 radical (unpaired) electrons. The Morgan fingerprint density at radius 3 is 2.06 bits per heavy atom. The predicted molar refractivity (Wildman–Crippen MR) is 69.6 cm³/mol. The molecule has 2 N–H and O–H groups in total. The fourth-order valence-corrected chi connectivity index (χ4v) is 3.48. The Hall–Kier alpha value is -0.0431. The lowest BCUT2D eigenvalue weighted by Crippen LogP contribution is -2.63. The van der Waals surface area contributed by atoms with Gasteiger partial charge in [-0.25, -0.2) is 8.78 Å². The first-order valence-electron chi connectivity index (χ1n) is 5.68. The van der Waals surface area contributed by atoms with Gasteiger partial charge in [0.25, 0.3) is 5.24 Å². The topological polar surface area (TPSA) is 57.5 Å². The minimum Gasteiger partial charge on any atom is -0.387 e. The van der Waals surface area contributed by atoms with Gasteiger partial charge in [-0.05, 0) is 16.6 Å². The van der Waals surface area contributed by atoms with Crippen molar-refractivity contribution in [3.8, 4) is 0 Å². The van der Waals surface area contributed by atoms with Gasteiger partial charge in [-0.2, -0.15) is 0 Å². The van der Waals surface area contributed by atoms with Crippen molar-refractivity contribution >= 4 is 24.9 Å². The molecule has 0 fully saturated rings. The quantitative estimate of drug-likeness (QED) is 0.606. The van der Waals surface area contributed by atoms with Gasteiger partial charge in [-0.1, -0.05) is 33.9 Å². The molecule has 1 unspecified atom stereocenters. The van der Waals surface area contributed by atoms with Crippen LogP contribution in [0.3, 0.4) is 0 Å². The smallest absolute Gasteiger partial charge is 0.255 e. The first kappa shape index (κ1) is 18.0. The average Bonchev–Trinajstić information content (AvgIpc) is 2.14. The lowest BCUT2D eigenvalue weighted by Gasteiger charge is -2.46. The van der Waals surface area contributed by atoms with Gasteiger partial charge in [0.15, 0.2) is 6.17 Å². The fraction of sp³-hybridized carbons (Fsp3) is 0.909. The molecule has 0 aliphatic rings. The van der Waals surface area contributed by atoms with Crippen LogP contribution in [0.15, 0.2) is 0 Å². The number of carbonyl (C=O) groups excluding carboxylic acids is 1. The number of hydrogen-bond donors (Lipinski definition) is 2. The van der Waals surface area contributed by atoms with Crippen molar-refractivity contribution in [1.29, 1.82) is 0 Å². The summed E-state index contributed by atoms with van der Waals surface area (Å²) in [6.07, 6.45) is -5.01. The van der Waals surface area contributed by atoms with Crippen molar-refractivity contribution in [1.82, 2.24) is 0 Å². The van der Waals surface area contributed by atoms with E-state index in [4.69, 9.17) is 11.6 Å². The molecule has 0 heterocycles. The molecule has 0 spiro atoms. The third-order valence-electron chi connectivity index (χ3n) is 3.87. The highest BCUT2D eigenvalue weighted by molar-refractivity contribution is 6.82. The summed E-state index contributed by atoms with van der Waals surface area (Å²) in [4.78, 5) is 10.5. The molecule has 3 nitrogen and oxygen atoms in total. The molecule has 3 atom stereocenters. The molecular weight excluding hydrogens is 282 g/mol.